The molecule has 2 unspecified atom stereocenters. The van der Waals surface area contributed by atoms with Crippen molar-refractivity contribution in [3.63, 3.8) is 0 Å². The van der Waals surface area contributed by atoms with Gasteiger partial charge >= 0.3 is 17.9 Å². The summed E-state index contributed by atoms with van der Waals surface area (Å²) in [5.74, 6) is -2.00. The van der Waals surface area contributed by atoms with E-state index in [2.05, 4.69) is 86.8 Å². The van der Waals surface area contributed by atoms with Gasteiger partial charge in [0.15, 0.2) is 6.10 Å². The number of allylic oxidation sites excluding steroid dienone is 12. The van der Waals surface area contributed by atoms with E-state index in [9.17, 15) is 19.5 Å². The molecule has 0 aromatic rings. The topological polar surface area (TPSA) is 108 Å². The van der Waals surface area contributed by atoms with E-state index in [0.29, 0.717) is 17.4 Å². The highest BCUT2D eigenvalue weighted by Crippen LogP contribution is 2.17. The molecule has 9 heteroatoms. The van der Waals surface area contributed by atoms with Crippen molar-refractivity contribution in [3.8, 4) is 0 Å². The first kappa shape index (κ1) is 67.7. The summed E-state index contributed by atoms with van der Waals surface area (Å²) in [6.45, 7) is 4.72. The molecule has 0 rings (SSSR count). The summed E-state index contributed by atoms with van der Waals surface area (Å²) in [5.41, 5.74) is 0. The lowest BCUT2D eigenvalue weighted by Crippen LogP contribution is -2.40. The molecule has 0 saturated heterocycles. The van der Waals surface area contributed by atoms with Crippen LogP contribution >= 0.6 is 0 Å². The summed E-state index contributed by atoms with van der Waals surface area (Å²) in [6.07, 6.45) is 66.1. The summed E-state index contributed by atoms with van der Waals surface area (Å²) in [6, 6.07) is 0. The molecule has 71 heavy (non-hydrogen) atoms. The minimum absolute atomic E-state index is 0.180. The zero-order valence-corrected chi connectivity index (χ0v) is 46.6. The number of esters is 2. The fraction of sp³-hybridized carbons (Fsp3) is 0.758. The van der Waals surface area contributed by atoms with Crippen LogP contribution in [0.5, 0.6) is 0 Å². The molecule has 9 nitrogen and oxygen atoms in total. The molecule has 410 valence electrons. The number of likely N-dealkylation sites (N-methyl/N-ethyl adjacent to an activating group) is 1. The third-order valence-corrected chi connectivity index (χ3v) is 12.5. The van der Waals surface area contributed by atoms with E-state index in [0.717, 1.165) is 77.0 Å². The monoisotopic (exact) mass is 997 g/mol. The number of nitrogens with zero attached hydrogens (tertiary/aromatic N) is 1. The number of hydrogen-bond acceptors (Lipinski definition) is 7. The van der Waals surface area contributed by atoms with Crippen LogP contribution in [0.15, 0.2) is 72.9 Å². The quantitative estimate of drug-likeness (QED) is 0.0211. The third-order valence-electron chi connectivity index (χ3n) is 12.5. The largest absolute Gasteiger partial charge is 0.477 e. The Morgan fingerprint density at radius 1 is 0.437 bits per heavy atom. The van der Waals surface area contributed by atoms with E-state index < -0.39 is 24.3 Å². The van der Waals surface area contributed by atoms with Crippen molar-refractivity contribution in [2.24, 2.45) is 0 Å². The molecule has 0 bridgehead atoms. The lowest BCUT2D eigenvalue weighted by atomic mass is 10.0. The number of hydrogen-bond donors (Lipinski definition) is 1. The van der Waals surface area contributed by atoms with Gasteiger partial charge in [0.05, 0.1) is 34.4 Å². The van der Waals surface area contributed by atoms with E-state index in [1.165, 1.54) is 141 Å². The molecule has 0 aliphatic rings. The summed E-state index contributed by atoms with van der Waals surface area (Å²) in [7, 11) is 5.96. The van der Waals surface area contributed by atoms with Gasteiger partial charge in [-0.25, -0.2) is 4.79 Å². The predicted molar refractivity (Wildman–Crippen MR) is 299 cm³/mol. The van der Waals surface area contributed by atoms with Gasteiger partial charge in [-0.1, -0.05) is 241 Å². The maximum absolute atomic E-state index is 12.8. The summed E-state index contributed by atoms with van der Waals surface area (Å²) < 4.78 is 22.7. The van der Waals surface area contributed by atoms with E-state index in [-0.39, 0.29) is 32.2 Å². The van der Waals surface area contributed by atoms with E-state index in [1.54, 1.807) is 0 Å². The first-order chi connectivity index (χ1) is 34.6. The van der Waals surface area contributed by atoms with Gasteiger partial charge in [0.25, 0.3) is 6.29 Å². The Kier molecular flexibility index (Phi) is 50.6. The van der Waals surface area contributed by atoms with Crippen molar-refractivity contribution < 1.29 is 42.9 Å². The van der Waals surface area contributed by atoms with Crippen LogP contribution in [0.1, 0.15) is 245 Å². The van der Waals surface area contributed by atoms with E-state index in [1.807, 2.05) is 21.1 Å². The van der Waals surface area contributed by atoms with Crippen molar-refractivity contribution >= 4 is 17.9 Å². The van der Waals surface area contributed by atoms with Crippen molar-refractivity contribution in [3.05, 3.63) is 72.9 Å². The van der Waals surface area contributed by atoms with Crippen LogP contribution in [0, 0.1) is 0 Å². The average Bonchev–Trinajstić information content (AvgIpc) is 3.34. The molecule has 0 spiro atoms. The minimum atomic E-state index is -1.51. The Labute approximate surface area is 437 Å². The lowest BCUT2D eigenvalue weighted by Gasteiger charge is -2.25. The maximum atomic E-state index is 12.8. The number of ether oxygens (including phenoxy) is 4. The fourth-order valence-corrected chi connectivity index (χ4v) is 8.02. The minimum Gasteiger partial charge on any atom is -0.477 e. The Morgan fingerprint density at radius 3 is 1.20 bits per heavy atom. The number of aliphatic carboxylic acids is 1. The van der Waals surface area contributed by atoms with Gasteiger partial charge < -0.3 is 28.5 Å². The normalized spacial score (nSPS) is 13.3. The van der Waals surface area contributed by atoms with Gasteiger partial charge in [-0.2, -0.15) is 0 Å². The molecule has 0 aliphatic heterocycles. The van der Waals surface area contributed by atoms with Gasteiger partial charge in [0.2, 0.25) is 0 Å². The van der Waals surface area contributed by atoms with Crippen LogP contribution in [0.2, 0.25) is 0 Å². The van der Waals surface area contributed by atoms with Crippen molar-refractivity contribution in [1.82, 2.24) is 0 Å². The number of carboxylic acid groups (broad SMARTS) is 1. The SMILES string of the molecule is CC/C=C\C/C=C\C/C=C\C/C=C\C/C=C\C/C=C\CCCCCCCCCCCCCCCCCCCCCCC(=O)OC(COC(=O)CCCCCCCCC)COC(OCC[N+](C)(C)C)C(=O)O. The average molecular weight is 998 g/mol. The Hall–Kier alpha value is -3.27. The second-order valence-electron chi connectivity index (χ2n) is 20.6. The molecule has 0 aliphatic carbocycles. The number of rotatable bonds is 53. The predicted octanol–water partition coefficient (Wildman–Crippen LogP) is 17.0. The van der Waals surface area contributed by atoms with Gasteiger partial charge in [0, 0.05) is 12.8 Å². The molecule has 2 atom stereocenters. The molecule has 0 radical (unpaired) electrons. The molecular weight excluding hydrogens is 887 g/mol. The van der Waals surface area contributed by atoms with Gasteiger partial charge in [-0.15, -0.1) is 0 Å². The highest BCUT2D eigenvalue weighted by Gasteiger charge is 2.25. The molecule has 0 aromatic heterocycles. The van der Waals surface area contributed by atoms with Crippen LogP contribution in [0.3, 0.4) is 0 Å². The Bertz CT molecular complexity index is 1390. The summed E-state index contributed by atoms with van der Waals surface area (Å²) in [5, 5.41) is 9.64. The zero-order chi connectivity index (χ0) is 52.0. The van der Waals surface area contributed by atoms with Crippen molar-refractivity contribution in [1.29, 1.82) is 0 Å². The number of quaternary nitrogens is 1. The van der Waals surface area contributed by atoms with Gasteiger partial charge in [0.1, 0.15) is 13.2 Å². The second-order valence-corrected chi connectivity index (χ2v) is 20.6. The Morgan fingerprint density at radius 2 is 0.803 bits per heavy atom. The van der Waals surface area contributed by atoms with Crippen molar-refractivity contribution in [2.75, 3.05) is 47.5 Å². The number of carbonyl (C=O) groups excluding carboxylic acids is 2. The molecular formula is C62H110NO8+. The van der Waals surface area contributed by atoms with Gasteiger partial charge in [-0.05, 0) is 64.2 Å². The smallest absolute Gasteiger partial charge is 0.361 e. The van der Waals surface area contributed by atoms with Gasteiger partial charge in [-0.3, -0.25) is 9.59 Å². The first-order valence-corrected chi connectivity index (χ1v) is 29.1. The number of unbranched alkanes of at least 4 members (excludes halogenated alkanes) is 26. The number of carbonyl (C=O) groups is 3. The summed E-state index contributed by atoms with van der Waals surface area (Å²) in [4.78, 5) is 37.1. The van der Waals surface area contributed by atoms with Crippen molar-refractivity contribution in [2.45, 2.75) is 257 Å². The zero-order valence-electron chi connectivity index (χ0n) is 46.6. The molecule has 0 amide bonds. The standard InChI is InChI=1S/C62H109NO8/c1-6-8-10-12-14-15-16-17-18-19-20-21-22-23-24-25-26-27-28-29-30-31-32-33-34-35-36-37-38-39-40-41-42-43-44-45-47-49-51-53-60(65)71-58(56-69-59(64)52-50-48-46-13-11-9-7-2)57-70-62(61(66)67)68-55-54-63(3,4)5/h8,10,14-15,17-18,20-21,23-24,26-27,58,62H,6-7,9,11-13,16,19,22,25,28-57H2,1-5H3/p+1/b10-8-,15-14-,18-17-,21-20-,24-23-,27-26-. The second kappa shape index (κ2) is 53.0. The highest BCUT2D eigenvalue weighted by atomic mass is 16.7. The molecule has 0 saturated carbocycles. The third kappa shape index (κ3) is 54.3. The van der Waals surface area contributed by atoms with E-state index >= 15 is 0 Å². The fourth-order valence-electron chi connectivity index (χ4n) is 8.02. The summed E-state index contributed by atoms with van der Waals surface area (Å²) >= 11 is 0. The van der Waals surface area contributed by atoms with Crippen LogP contribution in [0.4, 0.5) is 0 Å². The number of carboxylic acids is 1. The van der Waals surface area contributed by atoms with Crippen LogP contribution < -0.4 is 0 Å². The first-order valence-electron chi connectivity index (χ1n) is 29.1. The molecule has 0 aromatic carbocycles. The van der Waals surface area contributed by atoms with E-state index in [4.69, 9.17) is 18.9 Å². The highest BCUT2D eigenvalue weighted by molar-refractivity contribution is 5.71. The van der Waals surface area contributed by atoms with Crippen LogP contribution in [0.25, 0.3) is 0 Å². The lowest BCUT2D eigenvalue weighted by molar-refractivity contribution is -0.870. The van der Waals surface area contributed by atoms with Crippen LogP contribution in [-0.4, -0.2) is 87.4 Å². The van der Waals surface area contributed by atoms with Crippen LogP contribution in [-0.2, 0) is 33.3 Å². The molecule has 1 N–H and O–H groups in total. The Balaban J connectivity index is 3.89. The molecule has 0 heterocycles. The molecule has 0 fully saturated rings. The maximum Gasteiger partial charge on any atom is 0.361 e.